The third-order valence-corrected chi connectivity index (χ3v) is 6.07. The van der Waals surface area contributed by atoms with E-state index in [1.165, 1.54) is 12.8 Å². The van der Waals surface area contributed by atoms with Gasteiger partial charge in [-0.1, -0.05) is 27.2 Å². The summed E-state index contributed by atoms with van der Waals surface area (Å²) in [6, 6.07) is 0.614. The van der Waals surface area contributed by atoms with Gasteiger partial charge in [0.15, 0.2) is 9.84 Å². The number of sulfone groups is 1. The Morgan fingerprint density at radius 3 is 2.50 bits per heavy atom. The summed E-state index contributed by atoms with van der Waals surface area (Å²) in [4.78, 5) is 2.34. The normalized spacial score (nSPS) is 24.9. The van der Waals surface area contributed by atoms with Crippen molar-refractivity contribution in [2.45, 2.75) is 52.5 Å². The van der Waals surface area contributed by atoms with Crippen molar-refractivity contribution < 1.29 is 8.42 Å². The largest absolute Gasteiger partial charge is 0.314 e. The second-order valence-electron chi connectivity index (χ2n) is 5.97. The Kier molecular flexibility index (Phi) is 8.07. The van der Waals surface area contributed by atoms with Gasteiger partial charge in [-0.15, -0.1) is 0 Å². The second kappa shape index (κ2) is 9.00. The van der Waals surface area contributed by atoms with Gasteiger partial charge in [-0.05, 0) is 38.3 Å². The van der Waals surface area contributed by atoms with E-state index >= 15 is 0 Å². The highest BCUT2D eigenvalue weighted by Crippen LogP contribution is 2.20. The van der Waals surface area contributed by atoms with Crippen LogP contribution in [0.5, 0.6) is 0 Å². The van der Waals surface area contributed by atoms with Gasteiger partial charge in [0.2, 0.25) is 0 Å². The van der Waals surface area contributed by atoms with E-state index in [2.05, 4.69) is 24.1 Å². The fourth-order valence-corrected chi connectivity index (χ4v) is 4.37. The van der Waals surface area contributed by atoms with E-state index in [0.717, 1.165) is 32.5 Å². The van der Waals surface area contributed by atoms with Gasteiger partial charge in [0.05, 0.1) is 5.75 Å². The monoisotopic (exact) mass is 304 g/mol. The Morgan fingerprint density at radius 1 is 1.15 bits per heavy atom. The van der Waals surface area contributed by atoms with Crippen molar-refractivity contribution in [2.24, 2.45) is 5.92 Å². The summed E-state index contributed by atoms with van der Waals surface area (Å²) in [6.45, 7) is 10.2. The van der Waals surface area contributed by atoms with Crippen LogP contribution in [0.2, 0.25) is 0 Å². The summed E-state index contributed by atoms with van der Waals surface area (Å²) >= 11 is 0. The number of likely N-dealkylation sites (tertiary alicyclic amines) is 1. The lowest BCUT2D eigenvalue weighted by molar-refractivity contribution is 0.141. The lowest BCUT2D eigenvalue weighted by Crippen LogP contribution is -2.50. The van der Waals surface area contributed by atoms with E-state index < -0.39 is 9.84 Å². The number of nitrogens with zero attached hydrogens (tertiary/aromatic N) is 1. The lowest BCUT2D eigenvalue weighted by atomic mass is 9.90. The predicted octanol–water partition coefficient (Wildman–Crippen LogP) is 1.91. The third kappa shape index (κ3) is 6.10. The van der Waals surface area contributed by atoms with Gasteiger partial charge in [0, 0.05) is 24.9 Å². The molecule has 0 aliphatic carbocycles. The average Bonchev–Trinajstić information content (AvgIpc) is 2.43. The molecule has 1 aliphatic rings. The van der Waals surface area contributed by atoms with Gasteiger partial charge < -0.3 is 10.2 Å². The van der Waals surface area contributed by atoms with Crippen molar-refractivity contribution in [3.63, 3.8) is 0 Å². The van der Waals surface area contributed by atoms with Gasteiger partial charge >= 0.3 is 0 Å². The number of rotatable bonds is 9. The Hall–Kier alpha value is -0.130. The molecule has 5 heteroatoms. The highest BCUT2D eigenvalue weighted by atomic mass is 32.2. The molecule has 2 unspecified atom stereocenters. The van der Waals surface area contributed by atoms with Crippen molar-refractivity contribution in [1.82, 2.24) is 10.2 Å². The molecule has 120 valence electrons. The molecular weight excluding hydrogens is 272 g/mol. The van der Waals surface area contributed by atoms with E-state index in [0.29, 0.717) is 30.0 Å². The van der Waals surface area contributed by atoms with E-state index in [1.54, 1.807) is 0 Å². The Bertz CT molecular complexity index is 357. The zero-order valence-electron chi connectivity index (χ0n) is 13.4. The topological polar surface area (TPSA) is 49.4 Å². The number of nitrogens with one attached hydrogen (secondary N) is 1. The molecule has 0 amide bonds. The number of hydrogen-bond acceptors (Lipinski definition) is 4. The molecule has 0 aromatic rings. The summed E-state index contributed by atoms with van der Waals surface area (Å²) < 4.78 is 23.6. The molecule has 1 rings (SSSR count). The molecule has 0 bridgehead atoms. The fraction of sp³-hybridized carbons (Fsp3) is 1.00. The van der Waals surface area contributed by atoms with Crippen LogP contribution in [0.3, 0.4) is 0 Å². The van der Waals surface area contributed by atoms with Gasteiger partial charge in [0.25, 0.3) is 0 Å². The quantitative estimate of drug-likeness (QED) is 0.707. The Balaban J connectivity index is 2.40. The molecular formula is C15H32N2O2S. The summed E-state index contributed by atoms with van der Waals surface area (Å²) in [6.07, 6.45) is 4.21. The standard InChI is InChI=1S/C15H32N2O2S/c1-4-8-16-15-7-9-17(13-14(15)6-3)10-12-20(18,19)11-5-2/h14-16H,4-13H2,1-3H3. The maximum atomic E-state index is 11.8. The molecule has 4 nitrogen and oxygen atoms in total. The minimum absolute atomic E-state index is 0.324. The van der Waals surface area contributed by atoms with E-state index in [9.17, 15) is 8.42 Å². The molecule has 0 aromatic heterocycles. The number of hydrogen-bond donors (Lipinski definition) is 1. The molecule has 1 saturated heterocycles. The van der Waals surface area contributed by atoms with Crippen molar-refractivity contribution in [1.29, 1.82) is 0 Å². The molecule has 0 aromatic carbocycles. The van der Waals surface area contributed by atoms with Crippen molar-refractivity contribution in [3.8, 4) is 0 Å². The van der Waals surface area contributed by atoms with Gasteiger partial charge in [0.1, 0.15) is 0 Å². The summed E-state index contributed by atoms with van der Waals surface area (Å²) in [5, 5.41) is 3.64. The van der Waals surface area contributed by atoms with Crippen LogP contribution in [0, 0.1) is 5.92 Å². The highest BCUT2D eigenvalue weighted by molar-refractivity contribution is 7.91. The first kappa shape index (κ1) is 17.9. The zero-order chi connectivity index (χ0) is 15.0. The van der Waals surface area contributed by atoms with E-state index in [-0.39, 0.29) is 0 Å². The maximum absolute atomic E-state index is 11.8. The average molecular weight is 305 g/mol. The maximum Gasteiger partial charge on any atom is 0.151 e. The Morgan fingerprint density at radius 2 is 1.90 bits per heavy atom. The lowest BCUT2D eigenvalue weighted by Gasteiger charge is -2.38. The minimum atomic E-state index is -2.84. The van der Waals surface area contributed by atoms with Crippen LogP contribution in [0.1, 0.15) is 46.5 Å². The molecule has 1 aliphatic heterocycles. The van der Waals surface area contributed by atoms with E-state index in [1.807, 2.05) is 6.92 Å². The molecule has 0 saturated carbocycles. The molecule has 1 N–H and O–H groups in total. The van der Waals surface area contributed by atoms with Crippen LogP contribution < -0.4 is 5.32 Å². The molecule has 2 atom stereocenters. The first-order valence-corrected chi connectivity index (χ1v) is 10.0. The smallest absolute Gasteiger partial charge is 0.151 e. The van der Waals surface area contributed by atoms with Crippen molar-refractivity contribution >= 4 is 9.84 Å². The molecule has 1 heterocycles. The van der Waals surface area contributed by atoms with Crippen LogP contribution in [0.15, 0.2) is 0 Å². The first-order valence-electron chi connectivity index (χ1n) is 8.18. The third-order valence-electron chi connectivity index (χ3n) is 4.23. The van der Waals surface area contributed by atoms with Gasteiger partial charge in [-0.2, -0.15) is 0 Å². The second-order valence-corrected chi connectivity index (χ2v) is 8.27. The predicted molar refractivity (Wildman–Crippen MR) is 85.9 cm³/mol. The minimum Gasteiger partial charge on any atom is -0.314 e. The van der Waals surface area contributed by atoms with Gasteiger partial charge in [-0.3, -0.25) is 0 Å². The van der Waals surface area contributed by atoms with E-state index in [4.69, 9.17) is 0 Å². The summed E-state index contributed by atoms with van der Waals surface area (Å²) in [7, 11) is -2.84. The van der Waals surface area contributed by atoms with Crippen LogP contribution in [0.4, 0.5) is 0 Å². The van der Waals surface area contributed by atoms with Crippen molar-refractivity contribution in [2.75, 3.05) is 37.7 Å². The zero-order valence-corrected chi connectivity index (χ0v) is 14.2. The summed E-state index contributed by atoms with van der Waals surface area (Å²) in [5.74, 6) is 1.31. The van der Waals surface area contributed by atoms with Crippen LogP contribution in [-0.2, 0) is 9.84 Å². The fourth-order valence-electron chi connectivity index (χ4n) is 3.00. The molecule has 0 radical (unpaired) electrons. The molecule has 20 heavy (non-hydrogen) atoms. The SMILES string of the molecule is CCCNC1CCN(CCS(=O)(=O)CCC)CC1CC. The number of piperidine rings is 1. The van der Waals surface area contributed by atoms with Gasteiger partial charge in [-0.25, -0.2) is 8.42 Å². The van der Waals surface area contributed by atoms with Crippen LogP contribution in [0.25, 0.3) is 0 Å². The molecule has 1 fully saturated rings. The van der Waals surface area contributed by atoms with Crippen LogP contribution >= 0.6 is 0 Å². The highest BCUT2D eigenvalue weighted by Gasteiger charge is 2.27. The Labute approximate surface area is 125 Å². The summed E-state index contributed by atoms with van der Waals surface area (Å²) in [5.41, 5.74) is 0. The van der Waals surface area contributed by atoms with Crippen LogP contribution in [-0.4, -0.2) is 57.0 Å². The van der Waals surface area contributed by atoms with Crippen molar-refractivity contribution in [3.05, 3.63) is 0 Å². The molecule has 0 spiro atoms. The first-order chi connectivity index (χ1) is 9.52.